The standard InChI is InChI=1S/C22H22N2O3/c1-26-19-11-7-8-17(16-19)24-22(25)14-15-23-20-12-5-6-13-21(20)27-18-9-3-2-4-10-18/h2-13,16,23H,14-15H2,1H3,(H,24,25). The molecule has 0 saturated carbocycles. The highest BCUT2D eigenvalue weighted by Crippen LogP contribution is 2.29. The van der Waals surface area contributed by atoms with Crippen molar-refractivity contribution >= 4 is 17.3 Å². The molecule has 0 aromatic heterocycles. The number of ether oxygens (including phenoxy) is 2. The zero-order valence-electron chi connectivity index (χ0n) is 15.1. The minimum Gasteiger partial charge on any atom is -0.497 e. The maximum Gasteiger partial charge on any atom is 0.226 e. The Labute approximate surface area is 158 Å². The van der Waals surface area contributed by atoms with Gasteiger partial charge < -0.3 is 20.1 Å². The predicted octanol–water partition coefficient (Wildman–Crippen LogP) is 4.93. The zero-order chi connectivity index (χ0) is 18.9. The molecule has 0 bridgehead atoms. The molecule has 3 aromatic carbocycles. The van der Waals surface area contributed by atoms with Gasteiger partial charge in [0, 0.05) is 24.7 Å². The van der Waals surface area contributed by atoms with Gasteiger partial charge >= 0.3 is 0 Å². The van der Waals surface area contributed by atoms with E-state index in [0.717, 1.165) is 17.2 Å². The number of rotatable bonds is 8. The van der Waals surface area contributed by atoms with Gasteiger partial charge in [0.2, 0.25) is 5.91 Å². The Bertz CT molecular complexity index is 881. The molecule has 138 valence electrons. The van der Waals surface area contributed by atoms with Crippen LogP contribution in [-0.2, 0) is 4.79 Å². The number of methoxy groups -OCH3 is 1. The summed E-state index contributed by atoms with van der Waals surface area (Å²) in [6.45, 7) is 0.491. The third-order valence-electron chi connectivity index (χ3n) is 3.88. The predicted molar refractivity (Wildman–Crippen MR) is 108 cm³/mol. The second-order valence-corrected chi connectivity index (χ2v) is 5.87. The van der Waals surface area contributed by atoms with Gasteiger partial charge in [-0.1, -0.05) is 36.4 Å². The monoisotopic (exact) mass is 362 g/mol. The van der Waals surface area contributed by atoms with E-state index in [2.05, 4.69) is 10.6 Å². The SMILES string of the molecule is COc1cccc(NC(=O)CCNc2ccccc2Oc2ccccc2)c1. The van der Waals surface area contributed by atoms with Crippen molar-refractivity contribution in [2.75, 3.05) is 24.3 Å². The van der Waals surface area contributed by atoms with E-state index in [1.54, 1.807) is 13.2 Å². The van der Waals surface area contributed by atoms with Gasteiger partial charge in [0.05, 0.1) is 12.8 Å². The van der Waals surface area contributed by atoms with Crippen molar-refractivity contribution < 1.29 is 14.3 Å². The number of nitrogens with one attached hydrogen (secondary N) is 2. The summed E-state index contributed by atoms with van der Waals surface area (Å²) in [6.07, 6.45) is 0.330. The van der Waals surface area contributed by atoms with Crippen LogP contribution in [0.3, 0.4) is 0 Å². The van der Waals surface area contributed by atoms with Gasteiger partial charge in [-0.05, 0) is 36.4 Å². The lowest BCUT2D eigenvalue weighted by atomic mass is 10.2. The second-order valence-electron chi connectivity index (χ2n) is 5.87. The van der Waals surface area contributed by atoms with Gasteiger partial charge in [-0.25, -0.2) is 0 Å². The quantitative estimate of drug-likeness (QED) is 0.597. The average molecular weight is 362 g/mol. The molecular weight excluding hydrogens is 340 g/mol. The van der Waals surface area contributed by atoms with E-state index in [9.17, 15) is 4.79 Å². The van der Waals surface area contributed by atoms with E-state index in [4.69, 9.17) is 9.47 Å². The van der Waals surface area contributed by atoms with Gasteiger partial charge in [-0.15, -0.1) is 0 Å². The van der Waals surface area contributed by atoms with Crippen molar-refractivity contribution in [3.8, 4) is 17.2 Å². The van der Waals surface area contributed by atoms with Crippen LogP contribution in [0, 0.1) is 0 Å². The normalized spacial score (nSPS) is 10.1. The van der Waals surface area contributed by atoms with Crippen LogP contribution in [0.25, 0.3) is 0 Å². The van der Waals surface area contributed by atoms with Gasteiger partial charge in [0.15, 0.2) is 5.75 Å². The molecule has 27 heavy (non-hydrogen) atoms. The lowest BCUT2D eigenvalue weighted by Crippen LogP contribution is -2.16. The minimum absolute atomic E-state index is 0.0720. The van der Waals surface area contributed by atoms with Crippen molar-refractivity contribution in [3.63, 3.8) is 0 Å². The summed E-state index contributed by atoms with van der Waals surface area (Å²) >= 11 is 0. The minimum atomic E-state index is -0.0720. The van der Waals surface area contributed by atoms with Crippen molar-refractivity contribution in [2.45, 2.75) is 6.42 Å². The summed E-state index contributed by atoms with van der Waals surface area (Å²) < 4.78 is 11.1. The van der Waals surface area contributed by atoms with E-state index in [-0.39, 0.29) is 5.91 Å². The number of para-hydroxylation sites is 3. The largest absolute Gasteiger partial charge is 0.497 e. The molecule has 2 N–H and O–H groups in total. The van der Waals surface area contributed by atoms with Crippen LogP contribution in [-0.4, -0.2) is 19.6 Å². The van der Waals surface area contributed by atoms with Crippen LogP contribution in [0.15, 0.2) is 78.9 Å². The number of hydrogen-bond donors (Lipinski definition) is 2. The molecule has 0 heterocycles. The van der Waals surface area contributed by atoms with Crippen molar-refractivity contribution in [1.29, 1.82) is 0 Å². The summed E-state index contributed by atoms with van der Waals surface area (Å²) in [5.41, 5.74) is 1.56. The van der Waals surface area contributed by atoms with Gasteiger partial charge in [0.1, 0.15) is 11.5 Å². The first-order valence-electron chi connectivity index (χ1n) is 8.74. The van der Waals surface area contributed by atoms with Gasteiger partial charge in [-0.2, -0.15) is 0 Å². The highest BCUT2D eigenvalue weighted by molar-refractivity contribution is 5.91. The smallest absolute Gasteiger partial charge is 0.226 e. The maximum atomic E-state index is 12.2. The molecule has 0 aliphatic heterocycles. The van der Waals surface area contributed by atoms with Crippen LogP contribution in [0.1, 0.15) is 6.42 Å². The second kappa shape index (κ2) is 9.29. The van der Waals surface area contributed by atoms with E-state index < -0.39 is 0 Å². The lowest BCUT2D eigenvalue weighted by molar-refractivity contribution is -0.115. The molecule has 0 radical (unpaired) electrons. The molecule has 5 nitrogen and oxygen atoms in total. The van der Waals surface area contributed by atoms with Gasteiger partial charge in [0.25, 0.3) is 0 Å². The van der Waals surface area contributed by atoms with Crippen molar-refractivity contribution in [2.24, 2.45) is 0 Å². The van der Waals surface area contributed by atoms with Crippen LogP contribution in [0.4, 0.5) is 11.4 Å². The number of hydrogen-bond acceptors (Lipinski definition) is 4. The summed E-state index contributed by atoms with van der Waals surface area (Å²) in [4.78, 5) is 12.2. The summed E-state index contributed by atoms with van der Waals surface area (Å²) in [5.74, 6) is 2.12. The van der Waals surface area contributed by atoms with E-state index in [1.165, 1.54) is 0 Å². The van der Waals surface area contributed by atoms with Crippen LogP contribution >= 0.6 is 0 Å². The Morgan fingerprint density at radius 2 is 1.63 bits per heavy atom. The maximum absolute atomic E-state index is 12.2. The first-order valence-corrected chi connectivity index (χ1v) is 8.74. The number of benzene rings is 3. The molecule has 0 saturated heterocycles. The summed E-state index contributed by atoms with van der Waals surface area (Å²) in [6, 6.07) is 24.5. The molecule has 0 fully saturated rings. The molecule has 0 spiro atoms. The Balaban J connectivity index is 1.53. The van der Waals surface area contributed by atoms with Gasteiger partial charge in [-0.3, -0.25) is 4.79 Å². The van der Waals surface area contributed by atoms with Crippen molar-refractivity contribution in [1.82, 2.24) is 0 Å². The lowest BCUT2D eigenvalue weighted by Gasteiger charge is -2.13. The van der Waals surface area contributed by atoms with E-state index in [1.807, 2.05) is 72.8 Å². The third kappa shape index (κ3) is 5.51. The van der Waals surface area contributed by atoms with E-state index >= 15 is 0 Å². The molecule has 3 aromatic rings. The Hall–Kier alpha value is -3.47. The summed E-state index contributed by atoms with van der Waals surface area (Å²) in [5, 5.41) is 6.13. The molecule has 0 unspecified atom stereocenters. The molecule has 1 amide bonds. The zero-order valence-corrected chi connectivity index (χ0v) is 15.1. The molecule has 3 rings (SSSR count). The topological polar surface area (TPSA) is 59.6 Å². The van der Waals surface area contributed by atoms with Crippen LogP contribution in [0.2, 0.25) is 0 Å². The number of carbonyl (C=O) groups is 1. The number of anilines is 2. The Morgan fingerprint density at radius 3 is 2.44 bits per heavy atom. The Kier molecular flexibility index (Phi) is 6.30. The van der Waals surface area contributed by atoms with E-state index in [0.29, 0.717) is 24.4 Å². The number of carbonyl (C=O) groups excluding carboxylic acids is 1. The highest BCUT2D eigenvalue weighted by atomic mass is 16.5. The fourth-order valence-corrected chi connectivity index (χ4v) is 2.55. The van der Waals surface area contributed by atoms with Crippen LogP contribution < -0.4 is 20.1 Å². The summed E-state index contributed by atoms with van der Waals surface area (Å²) in [7, 11) is 1.60. The first kappa shape index (κ1) is 18.3. The highest BCUT2D eigenvalue weighted by Gasteiger charge is 2.06. The average Bonchev–Trinajstić information content (AvgIpc) is 2.70. The first-order chi connectivity index (χ1) is 13.2. The fraction of sp³-hybridized carbons (Fsp3) is 0.136. The molecule has 0 aliphatic carbocycles. The molecule has 5 heteroatoms. The fourth-order valence-electron chi connectivity index (χ4n) is 2.55. The third-order valence-corrected chi connectivity index (χ3v) is 3.88. The van der Waals surface area contributed by atoms with Crippen LogP contribution in [0.5, 0.6) is 17.2 Å². The molecule has 0 atom stereocenters. The molecular formula is C22H22N2O3. The number of amides is 1. The Morgan fingerprint density at radius 1 is 0.889 bits per heavy atom. The van der Waals surface area contributed by atoms with Crippen molar-refractivity contribution in [3.05, 3.63) is 78.9 Å². The molecule has 0 aliphatic rings.